The van der Waals surface area contributed by atoms with Crippen molar-refractivity contribution in [3.63, 3.8) is 0 Å². The summed E-state index contributed by atoms with van der Waals surface area (Å²) in [5, 5.41) is 0. The highest BCUT2D eigenvalue weighted by Crippen LogP contribution is 2.64. The fraction of sp³-hybridized carbons (Fsp3) is 0.0492. The maximum absolute atomic E-state index is 2.46. The Labute approximate surface area is 365 Å². The minimum atomic E-state index is -0.448. The van der Waals surface area contributed by atoms with Crippen LogP contribution in [-0.4, -0.2) is 0 Å². The highest BCUT2D eigenvalue weighted by atomic mass is 15.1. The summed E-state index contributed by atoms with van der Waals surface area (Å²) in [6.07, 6.45) is 6.57. The number of hydrogen-bond acceptors (Lipinski definition) is 1. The number of nitrogens with zero attached hydrogens (tertiary/aromatic N) is 1. The predicted molar refractivity (Wildman–Crippen MR) is 262 cm³/mol. The zero-order chi connectivity index (χ0) is 41.6. The Morgan fingerprint density at radius 2 is 0.871 bits per heavy atom. The predicted octanol–water partition coefficient (Wildman–Crippen LogP) is 16.5. The van der Waals surface area contributed by atoms with Gasteiger partial charge in [0, 0.05) is 17.1 Å². The Hall–Kier alpha value is -7.74. The van der Waals surface area contributed by atoms with Crippen LogP contribution in [0.3, 0.4) is 0 Å². The maximum atomic E-state index is 2.46. The van der Waals surface area contributed by atoms with E-state index >= 15 is 0 Å². The second kappa shape index (κ2) is 15.4. The largest absolute Gasteiger partial charge is 0.310 e. The van der Waals surface area contributed by atoms with Crippen LogP contribution in [0.15, 0.2) is 237 Å². The smallest absolute Gasteiger partial charge is 0.0725 e. The van der Waals surface area contributed by atoms with Gasteiger partial charge in [0.2, 0.25) is 0 Å². The molecule has 2 aliphatic rings. The molecule has 1 unspecified atom stereocenters. The molecule has 9 aromatic carbocycles. The van der Waals surface area contributed by atoms with E-state index < -0.39 is 5.41 Å². The van der Waals surface area contributed by atoms with Gasteiger partial charge in [-0.25, -0.2) is 0 Å². The zero-order valence-electron chi connectivity index (χ0n) is 35.0. The van der Waals surface area contributed by atoms with Gasteiger partial charge in [0.05, 0.1) is 5.41 Å². The number of benzene rings is 9. The average Bonchev–Trinajstić information content (AvgIpc) is 3.81. The van der Waals surface area contributed by atoms with Crippen molar-refractivity contribution in [1.29, 1.82) is 0 Å². The zero-order valence-corrected chi connectivity index (χ0v) is 35.0. The van der Waals surface area contributed by atoms with Crippen molar-refractivity contribution in [1.82, 2.24) is 0 Å². The summed E-state index contributed by atoms with van der Waals surface area (Å²) in [5.41, 5.74) is 23.2. The first-order chi connectivity index (χ1) is 30.7. The molecule has 0 N–H and O–H groups in total. The van der Waals surface area contributed by atoms with Crippen LogP contribution in [0.4, 0.5) is 17.1 Å². The molecule has 0 heterocycles. The monoisotopic (exact) mass is 791 g/mol. The van der Waals surface area contributed by atoms with Gasteiger partial charge in [0.1, 0.15) is 0 Å². The van der Waals surface area contributed by atoms with Crippen molar-refractivity contribution < 1.29 is 0 Å². The first-order valence-corrected chi connectivity index (χ1v) is 21.7. The summed E-state index contributed by atoms with van der Waals surface area (Å²) >= 11 is 0. The SMILES string of the molecule is C/C=C\C(=C/C)c1ccc2c(c1)C1(c3ccccc3-2)c2ccccc2-c2c(-c3cccc(N(c4ccccc4)c4ccc(-c5ccc(-c6ccccc6)cc5)cc4)c3)cccc21. The van der Waals surface area contributed by atoms with Gasteiger partial charge < -0.3 is 4.90 Å². The fourth-order valence-electron chi connectivity index (χ4n) is 10.3. The molecule has 0 bridgehead atoms. The minimum absolute atomic E-state index is 0.448. The lowest BCUT2D eigenvalue weighted by Crippen LogP contribution is -2.26. The molecule has 0 saturated carbocycles. The first kappa shape index (κ1) is 37.3. The second-order valence-corrected chi connectivity index (χ2v) is 16.3. The summed E-state index contributed by atoms with van der Waals surface area (Å²) in [5.74, 6) is 0. The van der Waals surface area contributed by atoms with E-state index in [1.807, 2.05) is 0 Å². The molecule has 0 aromatic heterocycles. The van der Waals surface area contributed by atoms with Crippen LogP contribution in [0.5, 0.6) is 0 Å². The molecule has 0 amide bonds. The van der Waals surface area contributed by atoms with Crippen molar-refractivity contribution in [3.8, 4) is 55.6 Å². The van der Waals surface area contributed by atoms with Crippen LogP contribution in [-0.2, 0) is 5.41 Å². The molecule has 1 nitrogen and oxygen atoms in total. The topological polar surface area (TPSA) is 3.24 Å². The van der Waals surface area contributed by atoms with E-state index in [4.69, 9.17) is 0 Å². The van der Waals surface area contributed by atoms with Gasteiger partial charge in [-0.3, -0.25) is 0 Å². The summed E-state index contributed by atoms with van der Waals surface area (Å²) in [7, 11) is 0. The Balaban J connectivity index is 1.04. The van der Waals surface area contributed by atoms with Crippen molar-refractivity contribution in [2.75, 3.05) is 4.90 Å². The van der Waals surface area contributed by atoms with E-state index in [1.165, 1.54) is 89.0 Å². The number of anilines is 3. The molecule has 2 aliphatic carbocycles. The number of allylic oxidation sites excluding steroid dienone is 4. The molecule has 294 valence electrons. The highest BCUT2D eigenvalue weighted by Gasteiger charge is 2.52. The maximum Gasteiger partial charge on any atom is 0.0725 e. The lowest BCUT2D eigenvalue weighted by atomic mass is 9.70. The Morgan fingerprint density at radius 1 is 0.371 bits per heavy atom. The van der Waals surface area contributed by atoms with Gasteiger partial charge in [-0.05, 0) is 145 Å². The van der Waals surface area contributed by atoms with Gasteiger partial charge in [0.15, 0.2) is 0 Å². The standard InChI is InChI=1S/C61H45N/c1-3-17-42(4-2)47-36-39-54-53-24-11-13-27-56(53)61(59(54)41-47)57-28-14-12-25-55(57)60-52(26-16-29-58(60)61)48-20-15-23-51(40-48)62(49-21-9-6-10-22-49)50-37-34-46(35-38-50)45-32-30-44(31-33-45)43-18-7-5-8-19-43/h3-41H,1-2H3/b17-3-,42-4+. The van der Waals surface area contributed by atoms with E-state index in [9.17, 15) is 0 Å². The van der Waals surface area contributed by atoms with Gasteiger partial charge in [-0.1, -0.05) is 194 Å². The minimum Gasteiger partial charge on any atom is -0.310 e. The average molecular weight is 792 g/mol. The van der Waals surface area contributed by atoms with E-state index in [0.717, 1.165) is 17.1 Å². The van der Waals surface area contributed by atoms with Crippen molar-refractivity contribution in [3.05, 3.63) is 264 Å². The van der Waals surface area contributed by atoms with E-state index in [1.54, 1.807) is 0 Å². The molecular formula is C61H45N. The Morgan fingerprint density at radius 3 is 1.56 bits per heavy atom. The molecule has 62 heavy (non-hydrogen) atoms. The Bertz CT molecular complexity index is 3170. The number of hydrogen-bond donors (Lipinski definition) is 0. The first-order valence-electron chi connectivity index (χ1n) is 21.7. The lowest BCUT2D eigenvalue weighted by molar-refractivity contribution is 0.793. The third-order valence-electron chi connectivity index (χ3n) is 13.0. The quantitative estimate of drug-likeness (QED) is 0.139. The van der Waals surface area contributed by atoms with Crippen LogP contribution < -0.4 is 4.90 Å². The molecule has 0 radical (unpaired) electrons. The summed E-state index contributed by atoms with van der Waals surface area (Å²) < 4.78 is 0. The van der Waals surface area contributed by atoms with Gasteiger partial charge >= 0.3 is 0 Å². The molecule has 1 heteroatoms. The molecule has 0 fully saturated rings. The molecule has 0 saturated heterocycles. The molecule has 0 aliphatic heterocycles. The fourth-order valence-corrected chi connectivity index (χ4v) is 10.3. The summed E-state index contributed by atoms with van der Waals surface area (Å²) in [4.78, 5) is 2.37. The van der Waals surface area contributed by atoms with Crippen molar-refractivity contribution in [2.45, 2.75) is 19.3 Å². The van der Waals surface area contributed by atoms with Gasteiger partial charge in [-0.2, -0.15) is 0 Å². The normalized spacial score (nSPS) is 14.7. The Kier molecular flexibility index (Phi) is 9.24. The van der Waals surface area contributed by atoms with Crippen LogP contribution >= 0.6 is 0 Å². The van der Waals surface area contributed by atoms with Crippen molar-refractivity contribution in [2.24, 2.45) is 0 Å². The van der Waals surface area contributed by atoms with E-state index in [-0.39, 0.29) is 0 Å². The number of fused-ring (bicyclic) bond motifs is 10. The van der Waals surface area contributed by atoms with Crippen LogP contribution in [0, 0.1) is 0 Å². The van der Waals surface area contributed by atoms with Crippen LogP contribution in [0.25, 0.3) is 61.2 Å². The molecule has 1 atom stereocenters. The van der Waals surface area contributed by atoms with Crippen LogP contribution in [0.1, 0.15) is 41.7 Å². The number of para-hydroxylation sites is 1. The lowest BCUT2D eigenvalue weighted by Gasteiger charge is -2.31. The van der Waals surface area contributed by atoms with Crippen LogP contribution in [0.2, 0.25) is 0 Å². The number of rotatable bonds is 8. The highest BCUT2D eigenvalue weighted by molar-refractivity contribution is 6.01. The summed E-state index contributed by atoms with van der Waals surface area (Å²) in [6, 6.07) is 80.5. The third kappa shape index (κ3) is 5.92. The van der Waals surface area contributed by atoms with Gasteiger partial charge in [0.25, 0.3) is 0 Å². The summed E-state index contributed by atoms with van der Waals surface area (Å²) in [6.45, 7) is 4.23. The van der Waals surface area contributed by atoms with E-state index in [2.05, 4.69) is 255 Å². The van der Waals surface area contributed by atoms with Crippen molar-refractivity contribution >= 4 is 22.6 Å². The molecule has 9 aromatic rings. The molecule has 11 rings (SSSR count). The molecular weight excluding hydrogens is 747 g/mol. The van der Waals surface area contributed by atoms with E-state index in [0.29, 0.717) is 0 Å². The molecule has 1 spiro atoms. The van der Waals surface area contributed by atoms with Gasteiger partial charge in [-0.15, -0.1) is 0 Å². The third-order valence-corrected chi connectivity index (χ3v) is 13.0. The second-order valence-electron chi connectivity index (χ2n) is 16.3.